The van der Waals surface area contributed by atoms with E-state index in [1.807, 2.05) is 16.3 Å². The predicted octanol–water partition coefficient (Wildman–Crippen LogP) is 2.01. The molecule has 0 spiro atoms. The predicted molar refractivity (Wildman–Crippen MR) is 88.6 cm³/mol. The van der Waals surface area contributed by atoms with Gasteiger partial charge in [0.05, 0.1) is 29.5 Å². The Bertz CT molecular complexity index is 969. The van der Waals surface area contributed by atoms with Crippen LogP contribution < -0.4 is 10.2 Å². The number of hydrogen-bond donors (Lipinski definition) is 2. The highest BCUT2D eigenvalue weighted by Gasteiger charge is 2.33. The van der Waals surface area contributed by atoms with Gasteiger partial charge in [0.25, 0.3) is 0 Å². The zero-order valence-corrected chi connectivity index (χ0v) is 13.5. The number of nitrogens with zero attached hydrogens (tertiary/aromatic N) is 4. The highest BCUT2D eigenvalue weighted by Crippen LogP contribution is 2.33. The molecule has 0 saturated carbocycles. The van der Waals surface area contributed by atoms with Crippen LogP contribution in [0, 0.1) is 5.92 Å². The van der Waals surface area contributed by atoms with Gasteiger partial charge < -0.3 is 10.2 Å². The molecule has 1 aliphatic heterocycles. The van der Waals surface area contributed by atoms with Gasteiger partial charge >= 0.3 is 6.18 Å². The number of pyridine rings is 1. The lowest BCUT2D eigenvalue weighted by Gasteiger charge is -2.20. The van der Waals surface area contributed by atoms with Crippen molar-refractivity contribution in [2.24, 2.45) is 5.92 Å². The Balaban J connectivity index is 1.59. The minimum absolute atomic E-state index is 0.336. The lowest BCUT2D eigenvalue weighted by molar-refractivity contribution is -0.140. The van der Waals surface area contributed by atoms with Gasteiger partial charge in [-0.2, -0.15) is 18.3 Å². The van der Waals surface area contributed by atoms with Gasteiger partial charge in [-0.15, -0.1) is 0 Å². The van der Waals surface area contributed by atoms with Gasteiger partial charge in [0.15, 0.2) is 5.65 Å². The third-order valence-electron chi connectivity index (χ3n) is 4.52. The molecule has 7 nitrogen and oxygen atoms in total. The van der Waals surface area contributed by atoms with Gasteiger partial charge in [-0.1, -0.05) is 0 Å². The van der Waals surface area contributed by atoms with Gasteiger partial charge in [0.1, 0.15) is 6.54 Å². The number of fused-ring (bicyclic) bond motifs is 3. The molecule has 4 rings (SSSR count). The fourth-order valence-corrected chi connectivity index (χ4v) is 3.31. The number of carbonyl (C=O) groups is 1. The number of halogens is 3. The number of alkyl halides is 3. The number of nitrogens with one attached hydrogen (secondary N) is 2. The Morgan fingerprint density at radius 2 is 2.19 bits per heavy atom. The van der Waals surface area contributed by atoms with Crippen molar-refractivity contribution in [1.82, 2.24) is 25.5 Å². The maximum absolute atomic E-state index is 12.3. The fraction of sp³-hybridized carbons (Fsp3) is 0.375. The summed E-state index contributed by atoms with van der Waals surface area (Å²) in [6.45, 7) is -0.413. The summed E-state index contributed by atoms with van der Waals surface area (Å²) in [5.41, 5.74) is 2.15. The second-order valence-electron chi connectivity index (χ2n) is 6.25. The minimum atomic E-state index is -4.41. The van der Waals surface area contributed by atoms with Crippen LogP contribution in [0.3, 0.4) is 0 Å². The van der Waals surface area contributed by atoms with Crippen molar-refractivity contribution in [2.75, 3.05) is 24.5 Å². The van der Waals surface area contributed by atoms with E-state index in [2.05, 4.69) is 20.2 Å². The number of H-pyrrole nitrogens is 1. The first-order valence-electron chi connectivity index (χ1n) is 8.08. The molecule has 0 radical (unpaired) electrons. The van der Waals surface area contributed by atoms with Crippen LogP contribution in [0.1, 0.15) is 6.42 Å². The van der Waals surface area contributed by atoms with E-state index in [1.165, 1.54) is 0 Å². The number of hydrogen-bond acceptors (Lipinski definition) is 5. The fourth-order valence-electron chi connectivity index (χ4n) is 3.31. The van der Waals surface area contributed by atoms with E-state index in [4.69, 9.17) is 0 Å². The van der Waals surface area contributed by atoms with Gasteiger partial charge in [0.2, 0.25) is 5.91 Å². The van der Waals surface area contributed by atoms with Crippen LogP contribution >= 0.6 is 0 Å². The standard InChI is InChI=1S/C16H15F3N6O/c17-16(18,19)8-22-15(26)9-2-4-25(7-9)12-6-23-24-11-5-21-14-10(13(11)12)1-3-20-14/h1,3,5-6,9,24H,2,4,7-8H2,(H,22,26). The van der Waals surface area contributed by atoms with Crippen molar-refractivity contribution >= 4 is 33.5 Å². The van der Waals surface area contributed by atoms with E-state index in [0.717, 1.165) is 22.0 Å². The van der Waals surface area contributed by atoms with Crippen molar-refractivity contribution in [3.63, 3.8) is 0 Å². The Morgan fingerprint density at radius 1 is 1.35 bits per heavy atom. The van der Waals surface area contributed by atoms with Crippen molar-refractivity contribution in [2.45, 2.75) is 12.6 Å². The summed E-state index contributed by atoms with van der Waals surface area (Å²) in [6, 6.07) is 1.85. The summed E-state index contributed by atoms with van der Waals surface area (Å²) in [4.78, 5) is 22.4. The average Bonchev–Trinajstić information content (AvgIpc) is 3.27. The lowest BCUT2D eigenvalue weighted by atomic mass is 10.1. The maximum atomic E-state index is 12.3. The number of amides is 1. The van der Waals surface area contributed by atoms with Crippen LogP contribution in [0.2, 0.25) is 0 Å². The quantitative estimate of drug-likeness (QED) is 0.742. The largest absolute Gasteiger partial charge is 0.405 e. The number of aromatic nitrogens is 4. The molecule has 1 aliphatic rings. The van der Waals surface area contributed by atoms with Gasteiger partial charge in [0, 0.05) is 30.1 Å². The second kappa shape index (κ2) is 6.11. The molecule has 1 saturated heterocycles. The minimum Gasteiger partial charge on any atom is -0.369 e. The van der Waals surface area contributed by atoms with E-state index < -0.39 is 24.5 Å². The molecule has 1 atom stereocenters. The van der Waals surface area contributed by atoms with Crippen molar-refractivity contribution in [1.29, 1.82) is 0 Å². The monoisotopic (exact) mass is 364 g/mol. The summed E-state index contributed by atoms with van der Waals surface area (Å²) >= 11 is 0. The van der Waals surface area contributed by atoms with Crippen molar-refractivity contribution in [3.8, 4) is 0 Å². The molecule has 0 aliphatic carbocycles. The van der Waals surface area contributed by atoms with E-state index in [0.29, 0.717) is 25.2 Å². The molecule has 0 aromatic carbocycles. The molecule has 2 N–H and O–H groups in total. The SMILES string of the molecule is O=C(NCC(F)(F)F)C1CCN(c2cn[nH]c3cnc4nccc4c23)C1. The molecule has 10 heteroatoms. The van der Waals surface area contributed by atoms with Crippen LogP contribution in [-0.2, 0) is 4.79 Å². The molecule has 3 aromatic heterocycles. The first kappa shape index (κ1) is 16.6. The molecule has 136 valence electrons. The summed E-state index contributed by atoms with van der Waals surface area (Å²) < 4.78 is 36.9. The number of anilines is 1. The topological polar surface area (TPSA) is 86.8 Å². The van der Waals surface area contributed by atoms with Gasteiger partial charge in [-0.3, -0.25) is 9.89 Å². The molecule has 1 unspecified atom stereocenters. The van der Waals surface area contributed by atoms with Crippen LogP contribution in [0.5, 0.6) is 0 Å². The second-order valence-corrected chi connectivity index (χ2v) is 6.25. The molecule has 0 bridgehead atoms. The Morgan fingerprint density at radius 3 is 3.00 bits per heavy atom. The Kier molecular flexibility index (Phi) is 3.89. The molecule has 26 heavy (non-hydrogen) atoms. The number of carbonyl (C=O) groups excluding carboxylic acids is 1. The zero-order valence-electron chi connectivity index (χ0n) is 13.5. The van der Waals surface area contributed by atoms with Crippen molar-refractivity contribution in [3.05, 3.63) is 24.7 Å². The van der Waals surface area contributed by atoms with Crippen LogP contribution in [0.15, 0.2) is 24.7 Å². The zero-order chi connectivity index (χ0) is 18.3. The first-order valence-corrected chi connectivity index (χ1v) is 8.08. The number of rotatable bonds is 3. The smallest absolute Gasteiger partial charge is 0.369 e. The van der Waals surface area contributed by atoms with E-state index in [9.17, 15) is 18.0 Å². The van der Waals surface area contributed by atoms with Gasteiger partial charge in [-0.05, 0) is 12.5 Å². The highest BCUT2D eigenvalue weighted by atomic mass is 19.4. The molecule has 4 heterocycles. The third kappa shape index (κ3) is 3.02. The van der Waals surface area contributed by atoms with E-state index in [1.54, 1.807) is 18.6 Å². The van der Waals surface area contributed by atoms with Crippen LogP contribution in [0.4, 0.5) is 18.9 Å². The van der Waals surface area contributed by atoms with Crippen LogP contribution in [0.25, 0.3) is 21.9 Å². The molecule has 1 fully saturated rings. The third-order valence-corrected chi connectivity index (χ3v) is 4.52. The maximum Gasteiger partial charge on any atom is 0.405 e. The summed E-state index contributed by atoms with van der Waals surface area (Å²) in [5, 5.41) is 10.7. The Hall–Kier alpha value is -2.91. The molecular weight excluding hydrogens is 349 g/mol. The normalized spacial score (nSPS) is 18.0. The Labute approximate surface area is 145 Å². The molecule has 1 amide bonds. The molecular formula is C16H15F3N6O. The van der Waals surface area contributed by atoms with E-state index in [-0.39, 0.29) is 0 Å². The average molecular weight is 364 g/mol. The van der Waals surface area contributed by atoms with Crippen molar-refractivity contribution < 1.29 is 18.0 Å². The van der Waals surface area contributed by atoms with E-state index >= 15 is 0 Å². The van der Waals surface area contributed by atoms with Gasteiger partial charge in [-0.25, -0.2) is 9.97 Å². The highest BCUT2D eigenvalue weighted by molar-refractivity contribution is 6.09. The summed E-state index contributed by atoms with van der Waals surface area (Å²) in [6.07, 6.45) is 1.04. The number of aromatic amines is 1. The summed E-state index contributed by atoms with van der Waals surface area (Å²) in [7, 11) is 0. The lowest BCUT2D eigenvalue weighted by Crippen LogP contribution is -2.38. The first-order chi connectivity index (χ1) is 12.4. The summed E-state index contributed by atoms with van der Waals surface area (Å²) in [5.74, 6) is -1.07. The van der Waals surface area contributed by atoms with Crippen LogP contribution in [-0.4, -0.2) is 51.9 Å². The molecule has 3 aromatic rings.